The highest BCUT2D eigenvalue weighted by atomic mass is 32.1. The Morgan fingerprint density at radius 1 is 1.24 bits per heavy atom. The molecule has 4 rings (SSSR count). The lowest BCUT2D eigenvalue weighted by Crippen LogP contribution is -2.22. The number of ether oxygens (including phenoxy) is 2. The van der Waals surface area contributed by atoms with E-state index in [-0.39, 0.29) is 17.6 Å². The SMILES string of the molecule is C=CCOc1ccc(C2CC(=O)Nc3c(-c4ccc(F)cc4)csc32)cc1OC. The van der Waals surface area contributed by atoms with Crippen LogP contribution in [0.3, 0.4) is 0 Å². The van der Waals surface area contributed by atoms with Gasteiger partial charge in [0, 0.05) is 28.2 Å². The third kappa shape index (κ3) is 3.76. The van der Waals surface area contributed by atoms with Gasteiger partial charge in [0.05, 0.1) is 12.8 Å². The number of benzene rings is 2. The van der Waals surface area contributed by atoms with Crippen molar-refractivity contribution in [2.45, 2.75) is 12.3 Å². The van der Waals surface area contributed by atoms with Crippen LogP contribution in [0.4, 0.5) is 10.1 Å². The fourth-order valence-electron chi connectivity index (χ4n) is 3.51. The largest absolute Gasteiger partial charge is 0.493 e. The number of fused-ring (bicyclic) bond motifs is 1. The molecule has 0 aliphatic carbocycles. The number of nitrogens with one attached hydrogen (secondary N) is 1. The Balaban J connectivity index is 1.73. The zero-order valence-corrected chi connectivity index (χ0v) is 16.7. The van der Waals surface area contributed by atoms with Crippen molar-refractivity contribution < 1.29 is 18.7 Å². The summed E-state index contributed by atoms with van der Waals surface area (Å²) >= 11 is 1.59. The van der Waals surface area contributed by atoms with E-state index >= 15 is 0 Å². The van der Waals surface area contributed by atoms with Gasteiger partial charge < -0.3 is 14.8 Å². The highest BCUT2D eigenvalue weighted by Gasteiger charge is 2.31. The van der Waals surface area contributed by atoms with Crippen LogP contribution in [0.5, 0.6) is 11.5 Å². The molecule has 0 saturated carbocycles. The average Bonchev–Trinajstić information content (AvgIpc) is 3.15. The Kier molecular flexibility index (Phi) is 5.36. The van der Waals surface area contributed by atoms with Crippen LogP contribution >= 0.6 is 11.3 Å². The van der Waals surface area contributed by atoms with Crippen molar-refractivity contribution in [3.8, 4) is 22.6 Å². The Morgan fingerprint density at radius 3 is 2.76 bits per heavy atom. The van der Waals surface area contributed by atoms with E-state index in [1.54, 1.807) is 36.7 Å². The second-order valence-corrected chi connectivity index (χ2v) is 7.62. The number of carbonyl (C=O) groups is 1. The lowest BCUT2D eigenvalue weighted by Gasteiger charge is -2.24. The summed E-state index contributed by atoms with van der Waals surface area (Å²) in [5.41, 5.74) is 3.56. The first-order valence-electron chi connectivity index (χ1n) is 9.19. The molecule has 2 heterocycles. The normalized spacial score (nSPS) is 15.4. The van der Waals surface area contributed by atoms with Gasteiger partial charge in [0.2, 0.25) is 5.91 Å². The molecule has 1 N–H and O–H groups in total. The Morgan fingerprint density at radius 2 is 2.03 bits per heavy atom. The van der Waals surface area contributed by atoms with Gasteiger partial charge in [0.1, 0.15) is 12.4 Å². The molecular weight excluding hydrogens is 389 g/mol. The van der Waals surface area contributed by atoms with Crippen molar-refractivity contribution in [3.63, 3.8) is 0 Å². The van der Waals surface area contributed by atoms with Crippen LogP contribution in [0.2, 0.25) is 0 Å². The third-order valence-electron chi connectivity index (χ3n) is 4.89. The highest BCUT2D eigenvalue weighted by Crippen LogP contribution is 2.47. The second-order valence-electron chi connectivity index (χ2n) is 6.71. The van der Waals surface area contributed by atoms with E-state index in [1.165, 1.54) is 12.1 Å². The molecule has 1 aliphatic rings. The van der Waals surface area contributed by atoms with Crippen LogP contribution in [0.1, 0.15) is 22.8 Å². The Hall–Kier alpha value is -3.12. The number of hydrogen-bond donors (Lipinski definition) is 1. The topological polar surface area (TPSA) is 47.6 Å². The monoisotopic (exact) mass is 409 g/mol. The van der Waals surface area contributed by atoms with Crippen molar-refractivity contribution in [2.75, 3.05) is 19.0 Å². The maximum atomic E-state index is 13.3. The molecule has 29 heavy (non-hydrogen) atoms. The van der Waals surface area contributed by atoms with E-state index in [4.69, 9.17) is 9.47 Å². The maximum Gasteiger partial charge on any atom is 0.225 e. The standard InChI is InChI=1S/C23H20FNO3S/c1-3-10-28-19-9-6-15(11-20(19)27-2)17-12-21(26)25-22-18(13-29-23(17)22)14-4-7-16(24)8-5-14/h3-9,11,13,17H,1,10,12H2,2H3,(H,25,26). The predicted molar refractivity (Wildman–Crippen MR) is 113 cm³/mol. The van der Waals surface area contributed by atoms with Gasteiger partial charge in [0.25, 0.3) is 0 Å². The summed E-state index contributed by atoms with van der Waals surface area (Å²) in [6, 6.07) is 12.0. The first kappa shape index (κ1) is 19.2. The van der Waals surface area contributed by atoms with Crippen LogP contribution in [0.25, 0.3) is 11.1 Å². The van der Waals surface area contributed by atoms with Gasteiger partial charge in [0.15, 0.2) is 11.5 Å². The van der Waals surface area contributed by atoms with E-state index in [0.29, 0.717) is 24.5 Å². The molecule has 1 unspecified atom stereocenters. The van der Waals surface area contributed by atoms with Gasteiger partial charge in [-0.15, -0.1) is 11.3 Å². The number of anilines is 1. The van der Waals surface area contributed by atoms with Crippen LogP contribution in [-0.4, -0.2) is 19.6 Å². The molecule has 0 bridgehead atoms. The molecule has 3 aromatic rings. The molecule has 2 aromatic carbocycles. The fraction of sp³-hybridized carbons (Fsp3) is 0.174. The number of carbonyl (C=O) groups excluding carboxylic acids is 1. The molecule has 148 valence electrons. The third-order valence-corrected chi connectivity index (χ3v) is 5.99. The quantitative estimate of drug-likeness (QED) is 0.539. The highest BCUT2D eigenvalue weighted by molar-refractivity contribution is 7.11. The molecule has 4 nitrogen and oxygen atoms in total. The van der Waals surface area contributed by atoms with E-state index in [2.05, 4.69) is 11.9 Å². The molecule has 6 heteroatoms. The number of amides is 1. The summed E-state index contributed by atoms with van der Waals surface area (Å²) < 4.78 is 24.4. The summed E-state index contributed by atoms with van der Waals surface area (Å²) in [6.45, 7) is 4.04. The summed E-state index contributed by atoms with van der Waals surface area (Å²) in [4.78, 5) is 13.5. The smallest absolute Gasteiger partial charge is 0.225 e. The zero-order chi connectivity index (χ0) is 20.4. The minimum atomic E-state index is -0.286. The van der Waals surface area contributed by atoms with Gasteiger partial charge in [-0.05, 0) is 35.4 Å². The van der Waals surface area contributed by atoms with Gasteiger partial charge in [-0.3, -0.25) is 4.79 Å². The van der Waals surface area contributed by atoms with Crippen molar-refractivity contribution in [1.29, 1.82) is 0 Å². The molecule has 0 radical (unpaired) electrons. The molecule has 0 spiro atoms. The van der Waals surface area contributed by atoms with Crippen LogP contribution < -0.4 is 14.8 Å². The zero-order valence-electron chi connectivity index (χ0n) is 15.9. The van der Waals surface area contributed by atoms with Crippen molar-refractivity contribution in [1.82, 2.24) is 0 Å². The summed E-state index contributed by atoms with van der Waals surface area (Å²) in [7, 11) is 1.59. The summed E-state index contributed by atoms with van der Waals surface area (Å²) in [5, 5.41) is 5.01. The summed E-state index contributed by atoms with van der Waals surface area (Å²) in [6.07, 6.45) is 2.03. The number of methoxy groups -OCH3 is 1. The van der Waals surface area contributed by atoms with Crippen molar-refractivity contribution in [3.05, 3.63) is 76.8 Å². The Bertz CT molecular complexity index is 1060. The predicted octanol–water partition coefficient (Wildman–Crippen LogP) is 5.60. The Labute approximate surface area is 172 Å². The minimum absolute atomic E-state index is 0.0461. The van der Waals surface area contributed by atoms with Crippen LogP contribution in [0.15, 0.2) is 60.5 Å². The first-order valence-corrected chi connectivity index (χ1v) is 10.1. The fourth-order valence-corrected chi connectivity index (χ4v) is 4.67. The number of hydrogen-bond acceptors (Lipinski definition) is 4. The van der Waals surface area contributed by atoms with Gasteiger partial charge >= 0.3 is 0 Å². The maximum absolute atomic E-state index is 13.3. The van der Waals surface area contributed by atoms with E-state index in [9.17, 15) is 9.18 Å². The molecule has 1 aliphatic heterocycles. The molecular formula is C23H20FNO3S. The van der Waals surface area contributed by atoms with Crippen LogP contribution in [-0.2, 0) is 4.79 Å². The summed E-state index contributed by atoms with van der Waals surface area (Å²) in [5.74, 6) is 0.836. The molecule has 0 fully saturated rings. The average molecular weight is 409 g/mol. The molecule has 1 atom stereocenters. The number of rotatable bonds is 6. The van der Waals surface area contributed by atoms with Gasteiger partial charge in [-0.25, -0.2) is 4.39 Å². The second kappa shape index (κ2) is 8.09. The lowest BCUT2D eigenvalue weighted by atomic mass is 9.89. The number of thiophene rings is 1. The van der Waals surface area contributed by atoms with E-state index < -0.39 is 0 Å². The molecule has 1 aromatic heterocycles. The van der Waals surface area contributed by atoms with E-state index in [1.807, 2.05) is 23.6 Å². The minimum Gasteiger partial charge on any atom is -0.493 e. The first-order chi connectivity index (χ1) is 14.1. The van der Waals surface area contributed by atoms with Crippen LogP contribution in [0, 0.1) is 5.82 Å². The van der Waals surface area contributed by atoms with Crippen molar-refractivity contribution >= 4 is 22.9 Å². The molecule has 0 saturated heterocycles. The molecule has 1 amide bonds. The number of halogens is 1. The van der Waals surface area contributed by atoms with Gasteiger partial charge in [-0.1, -0.05) is 30.9 Å². The van der Waals surface area contributed by atoms with Crippen molar-refractivity contribution in [2.24, 2.45) is 0 Å². The van der Waals surface area contributed by atoms with Gasteiger partial charge in [-0.2, -0.15) is 0 Å². The lowest BCUT2D eigenvalue weighted by molar-refractivity contribution is -0.116. The van der Waals surface area contributed by atoms with E-state index in [0.717, 1.165) is 27.3 Å².